The van der Waals surface area contributed by atoms with E-state index in [-0.39, 0.29) is 25.0 Å². The van der Waals surface area contributed by atoms with Crippen molar-refractivity contribution in [1.29, 1.82) is 0 Å². The molecule has 190 valence electrons. The summed E-state index contributed by atoms with van der Waals surface area (Å²) in [6, 6.07) is 14.3. The molecule has 35 heavy (non-hydrogen) atoms. The summed E-state index contributed by atoms with van der Waals surface area (Å²) in [6.07, 6.45) is 6.34. The van der Waals surface area contributed by atoms with Crippen molar-refractivity contribution in [3.63, 3.8) is 0 Å². The molecule has 1 atom stereocenters. The number of anilines is 1. The highest BCUT2D eigenvalue weighted by Crippen LogP contribution is 2.23. The van der Waals surface area contributed by atoms with Crippen LogP contribution >= 0.6 is 0 Å². The summed E-state index contributed by atoms with van der Waals surface area (Å²) in [5, 5.41) is 3.11. The molecule has 0 aliphatic heterocycles. The lowest BCUT2D eigenvalue weighted by atomic mass is 9.95. The van der Waals surface area contributed by atoms with E-state index >= 15 is 0 Å². The zero-order valence-electron chi connectivity index (χ0n) is 21.2. The predicted octanol–water partition coefficient (Wildman–Crippen LogP) is 3.94. The third-order valence-electron chi connectivity index (χ3n) is 6.49. The van der Waals surface area contributed by atoms with E-state index in [4.69, 9.17) is 0 Å². The SMILES string of the molecule is Cc1cc(C)cc(N(CC(=O)N(Cc2ccccc2)C(C)C(=O)NC2CCCCC2)S(C)(=O)=O)c1. The molecule has 1 saturated carbocycles. The Labute approximate surface area is 209 Å². The molecule has 0 saturated heterocycles. The number of nitrogens with zero attached hydrogens (tertiary/aromatic N) is 2. The van der Waals surface area contributed by atoms with Crippen LogP contribution in [0.15, 0.2) is 48.5 Å². The predicted molar refractivity (Wildman–Crippen MR) is 140 cm³/mol. The van der Waals surface area contributed by atoms with Crippen LogP contribution in [0.4, 0.5) is 5.69 Å². The van der Waals surface area contributed by atoms with Crippen molar-refractivity contribution >= 4 is 27.5 Å². The van der Waals surface area contributed by atoms with Gasteiger partial charge in [-0.25, -0.2) is 8.42 Å². The standard InChI is InChI=1S/C27H37N3O4S/c1-20-15-21(2)17-25(16-20)30(35(4,33)34)19-26(31)29(18-23-11-7-5-8-12-23)22(3)27(32)28-24-13-9-6-10-14-24/h5,7-8,11-12,15-17,22,24H,6,9-10,13-14,18-19H2,1-4H3,(H,28,32). The first-order valence-corrected chi connectivity index (χ1v) is 14.1. The Hall–Kier alpha value is -2.87. The maximum atomic E-state index is 13.6. The van der Waals surface area contributed by atoms with Crippen LogP contribution in [-0.4, -0.2) is 50.0 Å². The highest BCUT2D eigenvalue weighted by atomic mass is 32.2. The van der Waals surface area contributed by atoms with Crippen LogP contribution in [0.5, 0.6) is 0 Å². The third-order valence-corrected chi connectivity index (χ3v) is 7.63. The lowest BCUT2D eigenvalue weighted by Crippen LogP contribution is -2.53. The Kier molecular flexibility index (Phi) is 8.94. The molecule has 2 amide bonds. The molecule has 0 aromatic heterocycles. The van der Waals surface area contributed by atoms with E-state index in [1.807, 2.05) is 50.2 Å². The smallest absolute Gasteiger partial charge is 0.244 e. The maximum absolute atomic E-state index is 13.6. The second-order valence-corrected chi connectivity index (χ2v) is 11.5. The molecule has 7 nitrogen and oxygen atoms in total. The minimum atomic E-state index is -3.74. The number of amides is 2. The molecule has 2 aromatic carbocycles. The third kappa shape index (κ3) is 7.56. The fourth-order valence-electron chi connectivity index (χ4n) is 4.64. The minimum Gasteiger partial charge on any atom is -0.352 e. The van der Waals surface area contributed by atoms with Crippen LogP contribution < -0.4 is 9.62 Å². The molecule has 1 aliphatic carbocycles. The average Bonchev–Trinajstić information content (AvgIpc) is 2.80. The van der Waals surface area contributed by atoms with Gasteiger partial charge >= 0.3 is 0 Å². The number of benzene rings is 2. The number of nitrogens with one attached hydrogen (secondary N) is 1. The molecule has 3 rings (SSSR count). The van der Waals surface area contributed by atoms with Crippen LogP contribution in [0, 0.1) is 13.8 Å². The second-order valence-electron chi connectivity index (χ2n) is 9.64. The summed E-state index contributed by atoms with van der Waals surface area (Å²) in [7, 11) is -3.74. The molecule has 1 unspecified atom stereocenters. The Bertz CT molecular complexity index is 1110. The van der Waals surface area contributed by atoms with Crippen LogP contribution in [-0.2, 0) is 26.2 Å². The first kappa shape index (κ1) is 26.7. The first-order valence-electron chi connectivity index (χ1n) is 12.2. The molecule has 0 heterocycles. The van der Waals surface area contributed by atoms with E-state index in [1.54, 1.807) is 19.1 Å². The topological polar surface area (TPSA) is 86.8 Å². The summed E-state index contributed by atoms with van der Waals surface area (Å²) in [4.78, 5) is 28.3. The van der Waals surface area contributed by atoms with E-state index in [9.17, 15) is 18.0 Å². The Morgan fingerprint density at radius 2 is 1.60 bits per heavy atom. The van der Waals surface area contributed by atoms with Crippen molar-refractivity contribution in [3.05, 3.63) is 65.2 Å². The second kappa shape index (κ2) is 11.7. The van der Waals surface area contributed by atoms with Crippen LogP contribution in [0.1, 0.15) is 55.7 Å². The van der Waals surface area contributed by atoms with Gasteiger partial charge in [0.1, 0.15) is 12.6 Å². The van der Waals surface area contributed by atoms with Crippen molar-refractivity contribution in [2.75, 3.05) is 17.1 Å². The number of hydrogen-bond acceptors (Lipinski definition) is 4. The Morgan fingerprint density at radius 3 is 2.17 bits per heavy atom. The van der Waals surface area contributed by atoms with Crippen molar-refractivity contribution in [1.82, 2.24) is 10.2 Å². The van der Waals surface area contributed by atoms with Gasteiger partial charge in [0.2, 0.25) is 21.8 Å². The minimum absolute atomic E-state index is 0.121. The summed E-state index contributed by atoms with van der Waals surface area (Å²) < 4.78 is 26.6. The van der Waals surface area contributed by atoms with Gasteiger partial charge in [-0.15, -0.1) is 0 Å². The van der Waals surface area contributed by atoms with Gasteiger partial charge in [0.25, 0.3) is 0 Å². The fraction of sp³-hybridized carbons (Fsp3) is 0.481. The summed E-state index contributed by atoms with van der Waals surface area (Å²) in [5.74, 6) is -0.636. The van der Waals surface area contributed by atoms with Crippen molar-refractivity contribution in [3.8, 4) is 0 Å². The van der Waals surface area contributed by atoms with Gasteiger partial charge in [-0.1, -0.05) is 55.7 Å². The lowest BCUT2D eigenvalue weighted by Gasteiger charge is -2.33. The fourth-order valence-corrected chi connectivity index (χ4v) is 5.47. The van der Waals surface area contributed by atoms with Crippen molar-refractivity contribution in [2.45, 2.75) is 71.5 Å². The number of aryl methyl sites for hydroxylation is 2. The Balaban J connectivity index is 1.87. The van der Waals surface area contributed by atoms with E-state index < -0.39 is 22.0 Å². The zero-order valence-corrected chi connectivity index (χ0v) is 22.0. The van der Waals surface area contributed by atoms with E-state index in [2.05, 4.69) is 5.32 Å². The van der Waals surface area contributed by atoms with Crippen LogP contribution in [0.25, 0.3) is 0 Å². The van der Waals surface area contributed by atoms with Gasteiger partial charge in [0, 0.05) is 12.6 Å². The molecular formula is C27H37N3O4S. The first-order chi connectivity index (χ1) is 16.5. The molecule has 0 spiro atoms. The summed E-state index contributed by atoms with van der Waals surface area (Å²) in [5.41, 5.74) is 3.12. The number of carbonyl (C=O) groups excluding carboxylic acids is 2. The lowest BCUT2D eigenvalue weighted by molar-refractivity contribution is -0.139. The number of carbonyl (C=O) groups is 2. The van der Waals surface area contributed by atoms with Gasteiger partial charge in [-0.3, -0.25) is 13.9 Å². The quantitative estimate of drug-likeness (QED) is 0.566. The van der Waals surface area contributed by atoms with Crippen molar-refractivity contribution in [2.24, 2.45) is 0 Å². The molecule has 8 heteroatoms. The van der Waals surface area contributed by atoms with Gasteiger partial charge in [-0.05, 0) is 62.4 Å². The molecule has 1 N–H and O–H groups in total. The summed E-state index contributed by atoms with van der Waals surface area (Å²) >= 11 is 0. The van der Waals surface area contributed by atoms with Gasteiger partial charge in [0.05, 0.1) is 11.9 Å². The normalized spacial score (nSPS) is 15.3. The van der Waals surface area contributed by atoms with E-state index in [0.717, 1.165) is 52.9 Å². The molecule has 1 fully saturated rings. The number of rotatable bonds is 9. The van der Waals surface area contributed by atoms with Crippen molar-refractivity contribution < 1.29 is 18.0 Å². The largest absolute Gasteiger partial charge is 0.352 e. The van der Waals surface area contributed by atoms with Crippen LogP contribution in [0.2, 0.25) is 0 Å². The van der Waals surface area contributed by atoms with Gasteiger partial charge in [-0.2, -0.15) is 0 Å². The average molecular weight is 500 g/mol. The molecule has 0 bridgehead atoms. The van der Waals surface area contributed by atoms with E-state index in [1.165, 1.54) is 11.3 Å². The number of sulfonamides is 1. The highest BCUT2D eigenvalue weighted by molar-refractivity contribution is 7.92. The highest BCUT2D eigenvalue weighted by Gasteiger charge is 2.31. The molecular weight excluding hydrogens is 462 g/mol. The molecule has 2 aromatic rings. The summed E-state index contributed by atoms with van der Waals surface area (Å²) in [6.45, 7) is 5.32. The van der Waals surface area contributed by atoms with E-state index in [0.29, 0.717) is 5.69 Å². The maximum Gasteiger partial charge on any atom is 0.244 e. The monoisotopic (exact) mass is 499 g/mol. The molecule has 1 aliphatic rings. The zero-order chi connectivity index (χ0) is 25.6. The number of hydrogen-bond donors (Lipinski definition) is 1. The molecule has 0 radical (unpaired) electrons. The van der Waals surface area contributed by atoms with Crippen LogP contribution in [0.3, 0.4) is 0 Å². The van der Waals surface area contributed by atoms with Gasteiger partial charge in [0.15, 0.2) is 0 Å². The Morgan fingerprint density at radius 1 is 1.00 bits per heavy atom. The van der Waals surface area contributed by atoms with Gasteiger partial charge < -0.3 is 10.2 Å².